The first-order valence-corrected chi connectivity index (χ1v) is 11.9. The topological polar surface area (TPSA) is 127 Å². The molecule has 3 aromatic rings. The highest BCUT2D eigenvalue weighted by molar-refractivity contribution is 7.11. The Morgan fingerprint density at radius 1 is 1.21 bits per heavy atom. The van der Waals surface area contributed by atoms with E-state index < -0.39 is 23.6 Å². The lowest BCUT2D eigenvalue weighted by atomic mass is 10.1. The fraction of sp³-hybridized carbons (Fsp3) is 0.333. The Hall–Kier alpha value is -3.66. The molecule has 1 aromatic carbocycles. The van der Waals surface area contributed by atoms with Crippen molar-refractivity contribution >= 4 is 45.7 Å². The molecule has 1 aliphatic rings. The first kappa shape index (κ1) is 23.5. The third-order valence-corrected chi connectivity index (χ3v) is 6.78. The van der Waals surface area contributed by atoms with Crippen LogP contribution in [0.4, 0.5) is 0 Å². The number of fused-ring (bicyclic) bond motifs is 1. The third-order valence-electron chi connectivity index (χ3n) is 5.80. The lowest BCUT2D eigenvalue weighted by molar-refractivity contribution is -0.135. The summed E-state index contributed by atoms with van der Waals surface area (Å²) in [7, 11) is 0. The second-order valence-electron chi connectivity index (χ2n) is 8.18. The van der Waals surface area contributed by atoms with Crippen LogP contribution in [-0.4, -0.2) is 33.1 Å². The lowest BCUT2D eigenvalue weighted by Gasteiger charge is -2.24. The molecule has 0 bridgehead atoms. The number of hydrogen-bond donors (Lipinski definition) is 2. The molecule has 3 amide bonds. The van der Waals surface area contributed by atoms with Crippen LogP contribution in [-0.2, 0) is 27.3 Å². The summed E-state index contributed by atoms with van der Waals surface area (Å²) >= 11 is 1.24. The average molecular weight is 481 g/mol. The Morgan fingerprint density at radius 3 is 2.62 bits per heavy atom. The minimum Gasteiger partial charge on any atom is -0.344 e. The first-order valence-electron chi connectivity index (χ1n) is 11.0. The molecule has 0 radical (unpaired) electrons. The summed E-state index contributed by atoms with van der Waals surface area (Å²) in [5.41, 5.74) is 1.46. The van der Waals surface area contributed by atoms with Gasteiger partial charge in [0, 0.05) is 17.4 Å². The average Bonchev–Trinajstić information content (AvgIpc) is 3.22. The van der Waals surface area contributed by atoms with Gasteiger partial charge in [-0.05, 0) is 25.3 Å². The van der Waals surface area contributed by atoms with Gasteiger partial charge in [0.15, 0.2) is 0 Å². The molecule has 0 aliphatic carbocycles. The van der Waals surface area contributed by atoms with E-state index in [1.54, 1.807) is 24.4 Å². The number of carbonyl (C=O) groups is 4. The van der Waals surface area contributed by atoms with Gasteiger partial charge >= 0.3 is 0 Å². The van der Waals surface area contributed by atoms with Crippen LogP contribution in [0.25, 0.3) is 10.9 Å². The second-order valence-corrected chi connectivity index (χ2v) is 9.15. The number of benzene rings is 1. The third kappa shape index (κ3) is 4.54. The number of rotatable bonds is 7. The van der Waals surface area contributed by atoms with Crippen LogP contribution in [0.5, 0.6) is 0 Å². The van der Waals surface area contributed by atoms with Crippen molar-refractivity contribution in [3.63, 3.8) is 0 Å². The highest BCUT2D eigenvalue weighted by atomic mass is 32.1. The number of nitrogens with zero attached hydrogens (tertiary/aromatic N) is 2. The number of carbonyl (C=O) groups excluding carboxylic acids is 4. The van der Waals surface area contributed by atoms with E-state index in [0.29, 0.717) is 27.2 Å². The fourth-order valence-electron chi connectivity index (χ4n) is 4.06. The first-order chi connectivity index (χ1) is 16.3. The predicted molar refractivity (Wildman–Crippen MR) is 127 cm³/mol. The van der Waals surface area contributed by atoms with Crippen molar-refractivity contribution in [2.45, 2.75) is 52.1 Å². The minimum atomic E-state index is -0.800. The molecule has 2 N–H and O–H groups in total. The monoisotopic (exact) mass is 480 g/mol. The second kappa shape index (κ2) is 9.68. The zero-order valence-electron chi connectivity index (χ0n) is 18.8. The van der Waals surface area contributed by atoms with Crippen LogP contribution < -0.4 is 16.2 Å². The van der Waals surface area contributed by atoms with Crippen molar-refractivity contribution < 1.29 is 19.2 Å². The maximum Gasteiger partial charge on any atom is 0.292 e. The Kier molecular flexibility index (Phi) is 6.69. The summed E-state index contributed by atoms with van der Waals surface area (Å²) in [6, 6.07) is 6.19. The minimum absolute atomic E-state index is 0.0426. The Bertz CT molecular complexity index is 1360. The molecular weight excluding hydrogens is 456 g/mol. The molecule has 1 fully saturated rings. The van der Waals surface area contributed by atoms with Crippen LogP contribution in [0.2, 0.25) is 0 Å². The molecule has 4 rings (SSSR count). The lowest BCUT2D eigenvalue weighted by Crippen LogP contribution is -2.45. The zero-order valence-corrected chi connectivity index (χ0v) is 19.7. The summed E-state index contributed by atoms with van der Waals surface area (Å²) in [6.45, 7) is 3.73. The molecule has 1 aliphatic heterocycles. The number of aryl methyl sites for hydroxylation is 2. The molecule has 1 unspecified atom stereocenters. The Labute approximate surface area is 199 Å². The zero-order chi connectivity index (χ0) is 24.4. The Balaban J connectivity index is 1.51. The van der Waals surface area contributed by atoms with Gasteiger partial charge in [-0.3, -0.25) is 33.9 Å². The SMILES string of the molecule is CCCc1ccc(C(=O)C(=O)NCc2scc3c(=O)n(C4CCC(=O)NC4=O)c(C)nc23)cc1. The fourth-order valence-corrected chi connectivity index (χ4v) is 4.96. The number of nitrogens with one attached hydrogen (secondary N) is 2. The summed E-state index contributed by atoms with van der Waals surface area (Å²) in [5, 5.41) is 6.82. The van der Waals surface area contributed by atoms with Crippen LogP contribution >= 0.6 is 11.3 Å². The number of amides is 3. The van der Waals surface area contributed by atoms with Gasteiger partial charge in [-0.25, -0.2) is 4.98 Å². The number of thiophene rings is 1. The van der Waals surface area contributed by atoms with Crippen molar-refractivity contribution in [1.29, 1.82) is 0 Å². The molecule has 9 nitrogen and oxygen atoms in total. The van der Waals surface area contributed by atoms with Gasteiger partial charge in [-0.15, -0.1) is 11.3 Å². The quantitative estimate of drug-likeness (QED) is 0.303. The largest absolute Gasteiger partial charge is 0.344 e. The van der Waals surface area contributed by atoms with E-state index in [2.05, 4.69) is 22.5 Å². The van der Waals surface area contributed by atoms with E-state index >= 15 is 0 Å². The van der Waals surface area contributed by atoms with E-state index in [1.807, 2.05) is 12.1 Å². The maximum atomic E-state index is 13.1. The molecule has 0 saturated carbocycles. The van der Waals surface area contributed by atoms with Crippen LogP contribution in [0.3, 0.4) is 0 Å². The summed E-state index contributed by atoms with van der Waals surface area (Å²) in [6.07, 6.45) is 2.28. The van der Waals surface area contributed by atoms with Crippen molar-refractivity contribution in [3.8, 4) is 0 Å². The number of ketones is 1. The van der Waals surface area contributed by atoms with Gasteiger partial charge in [-0.2, -0.15) is 0 Å². The number of Topliss-reactive ketones (excluding diaryl/α,β-unsaturated/α-hetero) is 1. The van der Waals surface area contributed by atoms with E-state index in [4.69, 9.17) is 0 Å². The number of piperidine rings is 1. The van der Waals surface area contributed by atoms with Crippen molar-refractivity contribution in [1.82, 2.24) is 20.2 Å². The molecule has 176 valence electrons. The van der Waals surface area contributed by atoms with Crippen molar-refractivity contribution in [2.24, 2.45) is 0 Å². The van der Waals surface area contributed by atoms with Gasteiger partial charge < -0.3 is 5.32 Å². The van der Waals surface area contributed by atoms with E-state index in [1.165, 1.54) is 15.9 Å². The number of hydrogen-bond acceptors (Lipinski definition) is 7. The van der Waals surface area contributed by atoms with E-state index in [9.17, 15) is 24.0 Å². The highest BCUT2D eigenvalue weighted by Crippen LogP contribution is 2.25. The predicted octanol–water partition coefficient (Wildman–Crippen LogP) is 2.20. The van der Waals surface area contributed by atoms with Crippen molar-refractivity contribution in [3.05, 3.63) is 61.8 Å². The molecule has 10 heteroatoms. The summed E-state index contributed by atoms with van der Waals surface area (Å²) < 4.78 is 1.31. The Morgan fingerprint density at radius 2 is 1.94 bits per heavy atom. The standard InChI is InChI=1S/C24H24N4O5S/c1-3-4-14-5-7-15(8-6-14)21(30)23(32)25-11-18-20-16(12-34-18)24(33)28(13(2)26-20)17-9-10-19(29)27-22(17)31/h5-8,12,17H,3-4,9-11H2,1-2H3,(H,25,32)(H,27,29,31). The van der Waals surface area contributed by atoms with Gasteiger partial charge in [0.1, 0.15) is 11.9 Å². The molecular formula is C24H24N4O5S. The normalized spacial score (nSPS) is 15.9. The van der Waals surface area contributed by atoms with Gasteiger partial charge in [0.25, 0.3) is 11.5 Å². The molecule has 0 spiro atoms. The number of aromatic nitrogens is 2. The molecule has 3 heterocycles. The smallest absolute Gasteiger partial charge is 0.292 e. The number of imide groups is 1. The van der Waals surface area contributed by atoms with Gasteiger partial charge in [-0.1, -0.05) is 37.6 Å². The van der Waals surface area contributed by atoms with E-state index in [-0.39, 0.29) is 30.9 Å². The maximum absolute atomic E-state index is 13.1. The molecule has 1 saturated heterocycles. The van der Waals surface area contributed by atoms with Gasteiger partial charge in [0.05, 0.1) is 22.3 Å². The van der Waals surface area contributed by atoms with Crippen molar-refractivity contribution in [2.75, 3.05) is 0 Å². The van der Waals surface area contributed by atoms with Crippen LogP contribution in [0.15, 0.2) is 34.4 Å². The molecule has 2 aromatic heterocycles. The molecule has 34 heavy (non-hydrogen) atoms. The van der Waals surface area contributed by atoms with E-state index in [0.717, 1.165) is 18.4 Å². The molecule has 1 atom stereocenters. The highest BCUT2D eigenvalue weighted by Gasteiger charge is 2.31. The summed E-state index contributed by atoms with van der Waals surface area (Å²) in [4.78, 5) is 66.9. The van der Waals surface area contributed by atoms with Crippen LogP contribution in [0, 0.1) is 6.92 Å². The summed E-state index contributed by atoms with van der Waals surface area (Å²) in [5.74, 6) is -1.92. The van der Waals surface area contributed by atoms with Gasteiger partial charge in [0.2, 0.25) is 17.6 Å². The van der Waals surface area contributed by atoms with Crippen LogP contribution in [0.1, 0.15) is 58.9 Å².